The summed E-state index contributed by atoms with van der Waals surface area (Å²) in [5.41, 5.74) is 8.12. The van der Waals surface area contributed by atoms with Crippen molar-refractivity contribution in [2.75, 3.05) is 0 Å². The number of carbonyl (C=O) groups is 1. The van der Waals surface area contributed by atoms with Gasteiger partial charge in [-0.3, -0.25) is 4.79 Å². The van der Waals surface area contributed by atoms with Crippen molar-refractivity contribution in [3.8, 4) is 0 Å². The van der Waals surface area contributed by atoms with E-state index in [1.807, 2.05) is 0 Å². The van der Waals surface area contributed by atoms with Crippen LogP contribution in [-0.2, 0) is 11.2 Å². The summed E-state index contributed by atoms with van der Waals surface area (Å²) >= 11 is 0. The number of fused-ring (bicyclic) bond motifs is 1. The molecule has 0 spiro atoms. The van der Waals surface area contributed by atoms with Gasteiger partial charge in [0.05, 0.1) is 0 Å². The number of carbonyl (C=O) groups excluding carboxylic acids is 1. The first-order valence-electron chi connectivity index (χ1n) is 10.8. The highest BCUT2D eigenvalue weighted by molar-refractivity contribution is 5.87. The van der Waals surface area contributed by atoms with E-state index in [4.69, 9.17) is 0 Å². The van der Waals surface area contributed by atoms with Crippen LogP contribution in [-0.4, -0.2) is 5.78 Å². The maximum atomic E-state index is 13.1. The fourth-order valence-electron chi connectivity index (χ4n) is 5.02. The van der Waals surface area contributed by atoms with Gasteiger partial charge in [-0.15, -0.1) is 0 Å². The molecule has 0 amide bonds. The van der Waals surface area contributed by atoms with E-state index in [-0.39, 0.29) is 5.92 Å². The normalized spacial score (nSPS) is 21.1. The Kier molecular flexibility index (Phi) is 5.62. The van der Waals surface area contributed by atoms with Crippen LogP contribution in [0.5, 0.6) is 0 Å². The van der Waals surface area contributed by atoms with Crippen LogP contribution in [0.4, 0.5) is 0 Å². The highest BCUT2D eigenvalue weighted by Crippen LogP contribution is 2.40. The Morgan fingerprint density at radius 1 is 1.07 bits per heavy atom. The minimum absolute atomic E-state index is 0.105. The van der Waals surface area contributed by atoms with Crippen molar-refractivity contribution in [3.63, 3.8) is 0 Å². The zero-order valence-electron chi connectivity index (χ0n) is 17.1. The summed E-state index contributed by atoms with van der Waals surface area (Å²) in [5, 5.41) is 0. The summed E-state index contributed by atoms with van der Waals surface area (Å²) < 4.78 is 0. The number of hydrogen-bond donors (Lipinski definition) is 0. The first kappa shape index (κ1) is 18.9. The summed E-state index contributed by atoms with van der Waals surface area (Å²) in [6.45, 7) is 4.39. The molecule has 0 bridgehead atoms. The minimum Gasteiger partial charge on any atom is -0.299 e. The molecule has 2 unspecified atom stereocenters. The fourth-order valence-corrected chi connectivity index (χ4v) is 5.02. The quantitative estimate of drug-likeness (QED) is 0.545. The van der Waals surface area contributed by atoms with Gasteiger partial charge in [-0.25, -0.2) is 0 Å². The van der Waals surface area contributed by atoms with Crippen LogP contribution in [0.15, 0.2) is 66.3 Å². The molecule has 2 aromatic rings. The van der Waals surface area contributed by atoms with Crippen molar-refractivity contribution in [2.45, 2.75) is 58.3 Å². The predicted molar refractivity (Wildman–Crippen MR) is 117 cm³/mol. The average molecular weight is 371 g/mol. The van der Waals surface area contributed by atoms with E-state index in [2.05, 4.69) is 74.5 Å². The first-order valence-corrected chi connectivity index (χ1v) is 10.8. The lowest BCUT2D eigenvalue weighted by atomic mass is 9.78. The number of ketones is 1. The third-order valence-electron chi connectivity index (χ3n) is 6.48. The first-order chi connectivity index (χ1) is 13.7. The lowest BCUT2D eigenvalue weighted by molar-refractivity contribution is -0.120. The van der Waals surface area contributed by atoms with Crippen molar-refractivity contribution in [2.24, 2.45) is 5.92 Å². The van der Waals surface area contributed by atoms with Crippen LogP contribution >= 0.6 is 0 Å². The van der Waals surface area contributed by atoms with E-state index in [0.717, 1.165) is 32.1 Å². The molecule has 2 aliphatic carbocycles. The maximum Gasteiger partial charge on any atom is 0.140 e. The number of allylic oxidation sites excluding steroid dienone is 4. The van der Waals surface area contributed by atoms with Gasteiger partial charge in [0.15, 0.2) is 0 Å². The molecule has 0 aliphatic heterocycles. The van der Waals surface area contributed by atoms with Crippen LogP contribution in [0.2, 0.25) is 0 Å². The largest absolute Gasteiger partial charge is 0.299 e. The molecule has 2 aliphatic rings. The topological polar surface area (TPSA) is 17.1 Å². The molecule has 4 rings (SSSR count). The van der Waals surface area contributed by atoms with Crippen LogP contribution in [0.3, 0.4) is 0 Å². The van der Waals surface area contributed by atoms with E-state index in [9.17, 15) is 4.79 Å². The van der Waals surface area contributed by atoms with E-state index in [0.29, 0.717) is 18.1 Å². The SMILES string of the molecule is CCC1C(CCC(=O)C2CCCc3cc(C)ccc32)=CC=C1c1ccccc1. The molecule has 144 valence electrons. The van der Waals surface area contributed by atoms with Gasteiger partial charge in [0.25, 0.3) is 0 Å². The number of hydrogen-bond acceptors (Lipinski definition) is 1. The zero-order chi connectivity index (χ0) is 19.5. The Labute approximate surface area is 169 Å². The van der Waals surface area contributed by atoms with E-state index in [1.54, 1.807) is 0 Å². The molecule has 0 radical (unpaired) electrons. The molecular weight excluding hydrogens is 340 g/mol. The van der Waals surface area contributed by atoms with Crippen LogP contribution in [0.25, 0.3) is 5.57 Å². The smallest absolute Gasteiger partial charge is 0.140 e. The summed E-state index contributed by atoms with van der Waals surface area (Å²) in [5.74, 6) is 0.984. The number of Topliss-reactive ketones (excluding diaryl/α,β-unsaturated/α-hetero) is 1. The second kappa shape index (κ2) is 8.31. The van der Waals surface area contributed by atoms with Gasteiger partial charge in [0.2, 0.25) is 0 Å². The second-order valence-corrected chi connectivity index (χ2v) is 8.30. The molecule has 0 aromatic heterocycles. The highest BCUT2D eigenvalue weighted by Gasteiger charge is 2.28. The third-order valence-corrected chi connectivity index (χ3v) is 6.48. The molecule has 0 saturated carbocycles. The highest BCUT2D eigenvalue weighted by atomic mass is 16.1. The lowest BCUT2D eigenvalue weighted by Crippen LogP contribution is -2.19. The molecule has 1 nitrogen and oxygen atoms in total. The van der Waals surface area contributed by atoms with Crippen molar-refractivity contribution >= 4 is 11.4 Å². The molecule has 28 heavy (non-hydrogen) atoms. The maximum absolute atomic E-state index is 13.1. The molecule has 1 heteroatoms. The van der Waals surface area contributed by atoms with Crippen molar-refractivity contribution in [1.82, 2.24) is 0 Å². The van der Waals surface area contributed by atoms with Crippen LogP contribution in [0, 0.1) is 12.8 Å². The Bertz CT molecular complexity index is 917. The average Bonchev–Trinajstić information content (AvgIpc) is 3.15. The second-order valence-electron chi connectivity index (χ2n) is 8.30. The summed E-state index contributed by atoms with van der Waals surface area (Å²) in [7, 11) is 0. The van der Waals surface area contributed by atoms with E-state index >= 15 is 0 Å². The Hall–Kier alpha value is -2.41. The molecule has 2 atom stereocenters. The van der Waals surface area contributed by atoms with Crippen molar-refractivity contribution in [3.05, 3.63) is 88.5 Å². The summed E-state index contributed by atoms with van der Waals surface area (Å²) in [4.78, 5) is 13.1. The fraction of sp³-hybridized carbons (Fsp3) is 0.370. The zero-order valence-corrected chi connectivity index (χ0v) is 17.1. The Balaban J connectivity index is 1.42. The van der Waals surface area contributed by atoms with Crippen molar-refractivity contribution < 1.29 is 4.79 Å². The van der Waals surface area contributed by atoms with E-state index < -0.39 is 0 Å². The standard InChI is InChI=1S/C27H30O/c1-3-23-21(13-16-24(23)20-8-5-4-6-9-20)14-17-27(28)26-11-7-10-22-18-19(2)12-15-25(22)26/h4-6,8-9,12-13,15-16,18,23,26H,3,7,10-11,14,17H2,1-2H3. The van der Waals surface area contributed by atoms with Gasteiger partial charge < -0.3 is 0 Å². The van der Waals surface area contributed by atoms with E-state index in [1.165, 1.54) is 33.4 Å². The van der Waals surface area contributed by atoms with Gasteiger partial charge in [-0.1, -0.05) is 78.7 Å². The Morgan fingerprint density at radius 2 is 1.89 bits per heavy atom. The van der Waals surface area contributed by atoms with Gasteiger partial charge in [0.1, 0.15) is 5.78 Å². The molecule has 0 fully saturated rings. The van der Waals surface area contributed by atoms with Crippen LogP contribution in [0.1, 0.15) is 67.2 Å². The molecule has 0 N–H and O–H groups in total. The third kappa shape index (κ3) is 3.76. The van der Waals surface area contributed by atoms with Gasteiger partial charge in [-0.2, -0.15) is 0 Å². The monoisotopic (exact) mass is 370 g/mol. The summed E-state index contributed by atoms with van der Waals surface area (Å²) in [6, 6.07) is 17.3. The Morgan fingerprint density at radius 3 is 2.68 bits per heavy atom. The van der Waals surface area contributed by atoms with Crippen molar-refractivity contribution in [1.29, 1.82) is 0 Å². The molecule has 2 aromatic carbocycles. The molecular formula is C27H30O. The predicted octanol–water partition coefficient (Wildman–Crippen LogP) is 6.81. The number of rotatable bonds is 6. The lowest BCUT2D eigenvalue weighted by Gasteiger charge is -2.25. The van der Waals surface area contributed by atoms with Gasteiger partial charge >= 0.3 is 0 Å². The van der Waals surface area contributed by atoms with Gasteiger partial charge in [0, 0.05) is 18.3 Å². The van der Waals surface area contributed by atoms with Gasteiger partial charge in [-0.05, 0) is 61.3 Å². The number of benzene rings is 2. The number of aryl methyl sites for hydroxylation is 2. The van der Waals surface area contributed by atoms with Crippen LogP contribution < -0.4 is 0 Å². The minimum atomic E-state index is 0.105. The summed E-state index contributed by atoms with van der Waals surface area (Å²) in [6.07, 6.45) is 10.4. The molecule has 0 saturated heterocycles. The molecule has 0 heterocycles.